The van der Waals surface area contributed by atoms with E-state index in [2.05, 4.69) is 5.32 Å². The van der Waals surface area contributed by atoms with Crippen LogP contribution in [0.25, 0.3) is 0 Å². The number of rotatable bonds is 6. The van der Waals surface area contributed by atoms with Gasteiger partial charge in [-0.3, -0.25) is 9.59 Å². The molecule has 6 nitrogen and oxygen atoms in total. The van der Waals surface area contributed by atoms with Crippen LogP contribution in [-0.4, -0.2) is 23.8 Å². The average Bonchev–Trinajstić information content (AvgIpc) is 2.61. The molecule has 0 bridgehead atoms. The Labute approximate surface area is 155 Å². The Morgan fingerprint density at radius 2 is 1.85 bits per heavy atom. The van der Waals surface area contributed by atoms with Crippen LogP contribution in [0, 0.1) is 11.3 Å². The molecule has 0 saturated carbocycles. The molecule has 1 N–H and O–H groups in total. The van der Waals surface area contributed by atoms with E-state index in [0.29, 0.717) is 16.3 Å². The molecule has 2 aromatic carbocycles. The number of amides is 1. The van der Waals surface area contributed by atoms with E-state index in [0.717, 1.165) is 0 Å². The van der Waals surface area contributed by atoms with Crippen molar-refractivity contribution in [2.24, 2.45) is 0 Å². The highest BCUT2D eigenvalue weighted by Gasteiger charge is 2.20. The van der Waals surface area contributed by atoms with Gasteiger partial charge in [-0.15, -0.1) is 0 Å². The zero-order valence-electron chi connectivity index (χ0n) is 13.9. The molecule has 132 valence electrons. The first-order chi connectivity index (χ1) is 12.4. The summed E-state index contributed by atoms with van der Waals surface area (Å²) in [7, 11) is 0. The number of ketones is 1. The summed E-state index contributed by atoms with van der Waals surface area (Å²) in [6, 6.07) is 14.1. The minimum atomic E-state index is -0.976. The standard InChI is InChI=1S/C19H15ClN2O4/c1-12(18(24)14-3-2-4-15(20)11-14)26-19(25)13-5-7-16(8-6-13)22-17(23)9-10-21/h2-8,11-12H,9H2,1H3,(H,22,23)/t12-/m1/s1. The molecule has 0 spiro atoms. The van der Waals surface area contributed by atoms with Crippen LogP contribution in [0.5, 0.6) is 0 Å². The Kier molecular flexibility index (Phi) is 6.48. The van der Waals surface area contributed by atoms with Gasteiger partial charge < -0.3 is 10.1 Å². The third kappa shape index (κ3) is 5.16. The zero-order valence-corrected chi connectivity index (χ0v) is 14.6. The number of nitriles is 1. The van der Waals surface area contributed by atoms with Gasteiger partial charge in [0.05, 0.1) is 11.6 Å². The van der Waals surface area contributed by atoms with Crippen LogP contribution in [0.3, 0.4) is 0 Å². The van der Waals surface area contributed by atoms with Crippen molar-refractivity contribution in [2.75, 3.05) is 5.32 Å². The Morgan fingerprint density at radius 3 is 2.46 bits per heavy atom. The maximum atomic E-state index is 12.3. The van der Waals surface area contributed by atoms with E-state index in [4.69, 9.17) is 21.6 Å². The molecule has 2 rings (SSSR count). The SMILES string of the molecule is C[C@@H](OC(=O)c1ccc(NC(=O)CC#N)cc1)C(=O)c1cccc(Cl)c1. The summed E-state index contributed by atoms with van der Waals surface area (Å²) in [4.78, 5) is 35.8. The Bertz CT molecular complexity index is 872. The van der Waals surface area contributed by atoms with E-state index in [1.165, 1.54) is 37.3 Å². The lowest BCUT2D eigenvalue weighted by atomic mass is 10.1. The number of nitrogens with zero attached hydrogens (tertiary/aromatic N) is 1. The lowest BCUT2D eigenvalue weighted by Crippen LogP contribution is -2.24. The minimum Gasteiger partial charge on any atom is -0.451 e. The lowest BCUT2D eigenvalue weighted by Gasteiger charge is -2.13. The third-order valence-electron chi connectivity index (χ3n) is 3.41. The molecule has 0 saturated heterocycles. The zero-order chi connectivity index (χ0) is 19.1. The largest absolute Gasteiger partial charge is 0.451 e. The van der Waals surface area contributed by atoms with Crippen molar-refractivity contribution in [3.05, 3.63) is 64.7 Å². The fourth-order valence-electron chi connectivity index (χ4n) is 2.13. The number of ether oxygens (including phenoxy) is 1. The van der Waals surface area contributed by atoms with E-state index >= 15 is 0 Å². The van der Waals surface area contributed by atoms with Crippen LogP contribution in [0.15, 0.2) is 48.5 Å². The molecule has 0 aromatic heterocycles. The van der Waals surface area contributed by atoms with Crippen LogP contribution in [-0.2, 0) is 9.53 Å². The molecule has 0 unspecified atom stereocenters. The molecule has 7 heteroatoms. The number of anilines is 1. The minimum absolute atomic E-state index is 0.231. The van der Waals surface area contributed by atoms with Gasteiger partial charge in [0.15, 0.2) is 6.10 Å². The van der Waals surface area contributed by atoms with Gasteiger partial charge in [-0.1, -0.05) is 23.7 Å². The molecule has 26 heavy (non-hydrogen) atoms. The fourth-order valence-corrected chi connectivity index (χ4v) is 2.32. The predicted molar refractivity (Wildman–Crippen MR) is 96.0 cm³/mol. The van der Waals surface area contributed by atoms with Gasteiger partial charge in [-0.25, -0.2) is 4.79 Å². The van der Waals surface area contributed by atoms with Gasteiger partial charge in [0.2, 0.25) is 11.7 Å². The Morgan fingerprint density at radius 1 is 1.15 bits per heavy atom. The van der Waals surface area contributed by atoms with Crippen molar-refractivity contribution >= 4 is 34.9 Å². The van der Waals surface area contributed by atoms with E-state index in [1.807, 2.05) is 0 Å². The summed E-state index contributed by atoms with van der Waals surface area (Å²) in [5.41, 5.74) is 1.03. The van der Waals surface area contributed by atoms with Crippen LogP contribution in [0.4, 0.5) is 5.69 Å². The second kappa shape index (κ2) is 8.79. The van der Waals surface area contributed by atoms with Crippen LogP contribution in [0.1, 0.15) is 34.1 Å². The molecule has 0 aliphatic heterocycles. The highest BCUT2D eigenvalue weighted by molar-refractivity contribution is 6.31. The average molecular weight is 371 g/mol. The molecular weight excluding hydrogens is 356 g/mol. The molecule has 0 fully saturated rings. The molecule has 0 aliphatic rings. The smallest absolute Gasteiger partial charge is 0.338 e. The normalized spacial score (nSPS) is 11.1. The highest BCUT2D eigenvalue weighted by atomic mass is 35.5. The third-order valence-corrected chi connectivity index (χ3v) is 3.64. The van der Waals surface area contributed by atoms with Gasteiger partial charge >= 0.3 is 5.97 Å². The first-order valence-corrected chi connectivity index (χ1v) is 8.06. The number of carbonyl (C=O) groups is 3. The van der Waals surface area contributed by atoms with E-state index in [9.17, 15) is 14.4 Å². The number of hydrogen-bond donors (Lipinski definition) is 1. The number of halogens is 1. The van der Waals surface area contributed by atoms with Crippen LogP contribution < -0.4 is 5.32 Å². The summed E-state index contributed by atoms with van der Waals surface area (Å²) in [5, 5.41) is 11.4. The predicted octanol–water partition coefficient (Wildman–Crippen LogP) is 3.62. The van der Waals surface area contributed by atoms with Crippen molar-refractivity contribution < 1.29 is 19.1 Å². The fraction of sp³-hybridized carbons (Fsp3) is 0.158. The first-order valence-electron chi connectivity index (χ1n) is 7.68. The lowest BCUT2D eigenvalue weighted by molar-refractivity contribution is -0.115. The van der Waals surface area contributed by atoms with Gasteiger partial charge in [0, 0.05) is 16.3 Å². The molecule has 0 heterocycles. The van der Waals surface area contributed by atoms with Gasteiger partial charge in [0.1, 0.15) is 6.42 Å². The summed E-state index contributed by atoms with van der Waals surface area (Å²) >= 11 is 5.86. The number of Topliss-reactive ketones (excluding diaryl/α,β-unsaturated/α-hetero) is 1. The first kappa shape index (κ1) is 19.2. The summed E-state index contributed by atoms with van der Waals surface area (Å²) in [6.45, 7) is 1.48. The van der Waals surface area contributed by atoms with Crippen molar-refractivity contribution in [1.29, 1.82) is 5.26 Å². The van der Waals surface area contributed by atoms with Gasteiger partial charge in [-0.05, 0) is 43.3 Å². The number of esters is 1. The maximum absolute atomic E-state index is 12.3. The topological polar surface area (TPSA) is 96.3 Å². The van der Waals surface area contributed by atoms with Crippen molar-refractivity contribution in [2.45, 2.75) is 19.4 Å². The Hall–Kier alpha value is -3.17. The van der Waals surface area contributed by atoms with Crippen molar-refractivity contribution in [3.8, 4) is 6.07 Å². The Balaban J connectivity index is 1.99. The molecule has 1 amide bonds. The quantitative estimate of drug-likeness (QED) is 0.618. The number of nitrogens with one attached hydrogen (secondary N) is 1. The van der Waals surface area contributed by atoms with Crippen LogP contribution >= 0.6 is 11.6 Å². The molecule has 0 aliphatic carbocycles. The molecule has 0 radical (unpaired) electrons. The van der Waals surface area contributed by atoms with E-state index in [-0.39, 0.29) is 17.8 Å². The van der Waals surface area contributed by atoms with Crippen LogP contribution in [0.2, 0.25) is 5.02 Å². The monoisotopic (exact) mass is 370 g/mol. The van der Waals surface area contributed by atoms with Gasteiger partial charge in [-0.2, -0.15) is 5.26 Å². The van der Waals surface area contributed by atoms with Gasteiger partial charge in [0.25, 0.3) is 0 Å². The summed E-state index contributed by atoms with van der Waals surface area (Å²) < 4.78 is 5.19. The van der Waals surface area contributed by atoms with E-state index < -0.39 is 18.0 Å². The maximum Gasteiger partial charge on any atom is 0.338 e. The van der Waals surface area contributed by atoms with Crippen molar-refractivity contribution in [3.63, 3.8) is 0 Å². The molecular formula is C19H15ClN2O4. The second-order valence-corrected chi connectivity index (χ2v) is 5.82. The number of hydrogen-bond acceptors (Lipinski definition) is 5. The molecule has 1 atom stereocenters. The highest BCUT2D eigenvalue weighted by Crippen LogP contribution is 2.15. The number of benzene rings is 2. The van der Waals surface area contributed by atoms with Crippen molar-refractivity contribution in [1.82, 2.24) is 0 Å². The number of carbonyl (C=O) groups excluding carboxylic acids is 3. The summed E-state index contributed by atoms with van der Waals surface area (Å²) in [6.07, 6.45) is -1.23. The summed E-state index contributed by atoms with van der Waals surface area (Å²) in [5.74, 6) is -1.47. The molecule has 2 aromatic rings. The second-order valence-electron chi connectivity index (χ2n) is 5.38. The van der Waals surface area contributed by atoms with E-state index in [1.54, 1.807) is 24.3 Å².